The average Bonchev–Trinajstić information content (AvgIpc) is 2.67. The molecule has 1 aliphatic heterocycles. The summed E-state index contributed by atoms with van der Waals surface area (Å²) in [5.74, 6) is 1.44. The Bertz CT molecular complexity index is 698. The summed E-state index contributed by atoms with van der Waals surface area (Å²) in [6, 6.07) is 3.31. The summed E-state index contributed by atoms with van der Waals surface area (Å²) in [5, 5.41) is 0.365. The Morgan fingerprint density at radius 3 is 2.43 bits per heavy atom. The molecule has 28 heavy (non-hydrogen) atoms. The molecule has 156 valence electrons. The number of carbonyl (C=O) groups is 2. The SMILES string of the molecule is COc1cc(C(=O)N2CCC(C(=O)N(C)C)CC2)cc(Cl)c1OCCC(C)C. The zero-order chi connectivity index (χ0) is 20.8. The van der Waals surface area contributed by atoms with Crippen molar-refractivity contribution in [3.63, 3.8) is 0 Å². The quantitative estimate of drug-likeness (QED) is 0.687. The van der Waals surface area contributed by atoms with Gasteiger partial charge in [0.05, 0.1) is 18.7 Å². The number of hydrogen-bond acceptors (Lipinski definition) is 4. The number of carbonyl (C=O) groups excluding carboxylic acids is 2. The van der Waals surface area contributed by atoms with Gasteiger partial charge in [-0.05, 0) is 37.3 Å². The van der Waals surface area contributed by atoms with Crippen molar-refractivity contribution in [1.82, 2.24) is 9.80 Å². The molecule has 1 saturated heterocycles. The highest BCUT2D eigenvalue weighted by Crippen LogP contribution is 2.37. The highest BCUT2D eigenvalue weighted by Gasteiger charge is 2.29. The molecule has 0 spiro atoms. The lowest BCUT2D eigenvalue weighted by Crippen LogP contribution is -2.42. The number of amides is 2. The molecule has 6 nitrogen and oxygen atoms in total. The van der Waals surface area contributed by atoms with Gasteiger partial charge in [0.15, 0.2) is 11.5 Å². The molecular formula is C21H31ClN2O4. The molecular weight excluding hydrogens is 380 g/mol. The number of halogens is 1. The predicted octanol–water partition coefficient (Wildman–Crippen LogP) is 3.71. The molecule has 2 rings (SSSR count). The zero-order valence-corrected chi connectivity index (χ0v) is 18.2. The molecule has 1 heterocycles. The van der Waals surface area contributed by atoms with Crippen LogP contribution in [0.2, 0.25) is 5.02 Å². The van der Waals surface area contributed by atoms with E-state index in [1.807, 2.05) is 0 Å². The van der Waals surface area contributed by atoms with Gasteiger partial charge in [-0.2, -0.15) is 0 Å². The van der Waals surface area contributed by atoms with Gasteiger partial charge in [0, 0.05) is 38.7 Å². The van der Waals surface area contributed by atoms with Crippen molar-refractivity contribution >= 4 is 23.4 Å². The third kappa shape index (κ3) is 5.53. The maximum atomic E-state index is 12.9. The number of rotatable bonds is 7. The first-order valence-corrected chi connectivity index (χ1v) is 10.1. The zero-order valence-electron chi connectivity index (χ0n) is 17.5. The van der Waals surface area contributed by atoms with Crippen LogP contribution in [-0.4, -0.2) is 62.5 Å². The third-order valence-electron chi connectivity index (χ3n) is 4.99. The summed E-state index contributed by atoms with van der Waals surface area (Å²) in [6.07, 6.45) is 2.24. The summed E-state index contributed by atoms with van der Waals surface area (Å²) in [5.41, 5.74) is 0.468. The van der Waals surface area contributed by atoms with E-state index >= 15 is 0 Å². The maximum Gasteiger partial charge on any atom is 0.254 e. The molecule has 7 heteroatoms. The summed E-state index contributed by atoms with van der Waals surface area (Å²) in [7, 11) is 5.06. The Morgan fingerprint density at radius 1 is 1.25 bits per heavy atom. The van der Waals surface area contributed by atoms with Crippen LogP contribution in [0.4, 0.5) is 0 Å². The molecule has 0 atom stereocenters. The fourth-order valence-electron chi connectivity index (χ4n) is 3.26. The van der Waals surface area contributed by atoms with Crippen molar-refractivity contribution in [2.45, 2.75) is 33.1 Å². The van der Waals surface area contributed by atoms with Gasteiger partial charge in [-0.15, -0.1) is 0 Å². The second kappa shape index (κ2) is 10.0. The van der Waals surface area contributed by atoms with Gasteiger partial charge in [0.25, 0.3) is 5.91 Å². The van der Waals surface area contributed by atoms with Crippen molar-refractivity contribution in [1.29, 1.82) is 0 Å². The van der Waals surface area contributed by atoms with E-state index < -0.39 is 0 Å². The van der Waals surface area contributed by atoms with Crippen LogP contribution < -0.4 is 9.47 Å². The Morgan fingerprint density at radius 2 is 1.89 bits per heavy atom. The van der Waals surface area contributed by atoms with Crippen LogP contribution in [-0.2, 0) is 4.79 Å². The van der Waals surface area contributed by atoms with E-state index in [4.69, 9.17) is 21.1 Å². The van der Waals surface area contributed by atoms with Crippen LogP contribution in [0.1, 0.15) is 43.5 Å². The third-order valence-corrected chi connectivity index (χ3v) is 5.27. The lowest BCUT2D eigenvalue weighted by Gasteiger charge is -2.32. The fraction of sp³-hybridized carbons (Fsp3) is 0.619. The smallest absolute Gasteiger partial charge is 0.254 e. The number of methoxy groups -OCH3 is 1. The van der Waals surface area contributed by atoms with Crippen LogP contribution >= 0.6 is 11.6 Å². The topological polar surface area (TPSA) is 59.1 Å². The average molecular weight is 411 g/mol. The summed E-state index contributed by atoms with van der Waals surface area (Å²) < 4.78 is 11.2. The van der Waals surface area contributed by atoms with E-state index in [1.165, 1.54) is 7.11 Å². The summed E-state index contributed by atoms with van der Waals surface area (Å²) >= 11 is 6.39. The fourth-order valence-corrected chi connectivity index (χ4v) is 3.52. The van der Waals surface area contributed by atoms with Crippen LogP contribution in [0, 0.1) is 11.8 Å². The second-order valence-corrected chi connectivity index (χ2v) is 8.23. The summed E-state index contributed by atoms with van der Waals surface area (Å²) in [4.78, 5) is 28.4. The standard InChI is InChI=1S/C21H31ClN2O4/c1-14(2)8-11-28-19-17(22)12-16(13-18(19)27-5)21(26)24-9-6-15(7-10-24)20(25)23(3)4/h12-15H,6-11H2,1-5H3. The molecule has 0 aliphatic carbocycles. The Labute approximate surface area is 172 Å². The lowest BCUT2D eigenvalue weighted by atomic mass is 9.95. The van der Waals surface area contributed by atoms with E-state index in [0.29, 0.717) is 60.5 Å². The van der Waals surface area contributed by atoms with Gasteiger partial charge >= 0.3 is 0 Å². The van der Waals surface area contributed by atoms with Crippen LogP contribution in [0.15, 0.2) is 12.1 Å². The van der Waals surface area contributed by atoms with Gasteiger partial charge in [-0.3, -0.25) is 9.59 Å². The highest BCUT2D eigenvalue weighted by molar-refractivity contribution is 6.32. The number of hydrogen-bond donors (Lipinski definition) is 0. The molecule has 0 saturated carbocycles. The molecule has 0 bridgehead atoms. The number of likely N-dealkylation sites (tertiary alicyclic amines) is 1. The number of piperidine rings is 1. The van der Waals surface area contributed by atoms with E-state index in [2.05, 4.69) is 13.8 Å². The van der Waals surface area contributed by atoms with Crippen molar-refractivity contribution in [2.75, 3.05) is 40.9 Å². The molecule has 0 N–H and O–H groups in total. The molecule has 0 radical (unpaired) electrons. The van der Waals surface area contributed by atoms with Gasteiger partial charge in [-0.1, -0.05) is 25.4 Å². The molecule has 1 fully saturated rings. The van der Waals surface area contributed by atoms with Crippen molar-refractivity contribution < 1.29 is 19.1 Å². The first-order valence-electron chi connectivity index (χ1n) is 9.75. The Kier molecular flexibility index (Phi) is 7.98. The predicted molar refractivity (Wildman–Crippen MR) is 110 cm³/mol. The van der Waals surface area contributed by atoms with Crippen molar-refractivity contribution in [2.24, 2.45) is 11.8 Å². The molecule has 1 aromatic carbocycles. The molecule has 1 aliphatic rings. The summed E-state index contributed by atoms with van der Waals surface area (Å²) in [6.45, 7) is 5.89. The van der Waals surface area contributed by atoms with E-state index in [9.17, 15) is 9.59 Å². The first kappa shape index (κ1) is 22.3. The van der Waals surface area contributed by atoms with Crippen molar-refractivity contribution in [3.05, 3.63) is 22.7 Å². The Hall–Kier alpha value is -1.95. The monoisotopic (exact) mass is 410 g/mol. The van der Waals surface area contributed by atoms with E-state index in [0.717, 1.165) is 6.42 Å². The van der Waals surface area contributed by atoms with Crippen LogP contribution in [0.5, 0.6) is 11.5 Å². The molecule has 0 unspecified atom stereocenters. The van der Waals surface area contributed by atoms with Crippen LogP contribution in [0.3, 0.4) is 0 Å². The minimum Gasteiger partial charge on any atom is -0.493 e. The van der Waals surface area contributed by atoms with Gasteiger partial charge < -0.3 is 19.3 Å². The largest absolute Gasteiger partial charge is 0.493 e. The highest BCUT2D eigenvalue weighted by atomic mass is 35.5. The van der Waals surface area contributed by atoms with Gasteiger partial charge in [0.2, 0.25) is 5.91 Å². The maximum absolute atomic E-state index is 12.9. The number of nitrogens with zero attached hydrogens (tertiary/aromatic N) is 2. The normalized spacial score (nSPS) is 14.9. The Balaban J connectivity index is 2.07. The molecule has 1 aromatic rings. The minimum atomic E-state index is -0.107. The molecule has 0 aromatic heterocycles. The first-order chi connectivity index (χ1) is 13.2. The number of benzene rings is 1. The molecule has 2 amide bonds. The number of ether oxygens (including phenoxy) is 2. The van der Waals surface area contributed by atoms with Gasteiger partial charge in [-0.25, -0.2) is 0 Å². The minimum absolute atomic E-state index is 0.0195. The van der Waals surface area contributed by atoms with E-state index in [-0.39, 0.29) is 17.7 Å². The van der Waals surface area contributed by atoms with Crippen LogP contribution in [0.25, 0.3) is 0 Å². The van der Waals surface area contributed by atoms with E-state index in [1.54, 1.807) is 36.0 Å². The lowest BCUT2D eigenvalue weighted by molar-refractivity contribution is -0.134. The van der Waals surface area contributed by atoms with Crippen molar-refractivity contribution in [3.8, 4) is 11.5 Å². The van der Waals surface area contributed by atoms with Gasteiger partial charge in [0.1, 0.15) is 0 Å². The second-order valence-electron chi connectivity index (χ2n) is 7.82.